The second-order valence-electron chi connectivity index (χ2n) is 7.89. The zero-order valence-electron chi connectivity index (χ0n) is 16.5. The van der Waals surface area contributed by atoms with Crippen molar-refractivity contribution in [3.63, 3.8) is 0 Å². The Bertz CT molecular complexity index is 762. The van der Waals surface area contributed by atoms with Gasteiger partial charge in [-0.2, -0.15) is 0 Å². The Morgan fingerprint density at radius 2 is 2.18 bits per heavy atom. The van der Waals surface area contributed by atoms with Crippen LogP contribution in [-0.4, -0.2) is 54.4 Å². The molecule has 0 saturated carbocycles. The normalized spacial score (nSPS) is 16.3. The number of carbonyl (C=O) groups is 1. The summed E-state index contributed by atoms with van der Waals surface area (Å²) in [6.45, 7) is 9.97. The van der Waals surface area contributed by atoms with E-state index in [0.29, 0.717) is 12.5 Å². The van der Waals surface area contributed by atoms with Gasteiger partial charge in [0, 0.05) is 33.5 Å². The number of hydrogen-bond acceptors (Lipinski definition) is 5. The van der Waals surface area contributed by atoms with Crippen LogP contribution in [0.4, 0.5) is 10.6 Å². The molecule has 0 aliphatic carbocycles. The molecule has 2 aromatic heterocycles. The second kappa shape index (κ2) is 11.0. The highest BCUT2D eigenvalue weighted by Gasteiger charge is 2.17. The fraction of sp³-hybridized carbons (Fsp3) is 0.588. The summed E-state index contributed by atoms with van der Waals surface area (Å²) < 4.78 is 7.71. The lowest BCUT2D eigenvalue weighted by Crippen LogP contribution is -2.39. The molecule has 3 N–H and O–H groups in total. The van der Waals surface area contributed by atoms with E-state index in [2.05, 4.69) is 45.6 Å². The molecule has 0 bridgehead atoms. The van der Waals surface area contributed by atoms with Crippen LogP contribution in [0.2, 0.25) is 25.7 Å². The Morgan fingerprint density at radius 1 is 1.39 bits per heavy atom. The zero-order valence-corrected chi connectivity index (χ0v) is 19.2. The lowest BCUT2D eigenvalue weighted by atomic mass is 10.3. The number of nitrogens with one attached hydrogen (secondary N) is 3. The molecule has 1 saturated heterocycles. The Labute approximate surface area is 179 Å². The van der Waals surface area contributed by atoms with E-state index >= 15 is 0 Å². The summed E-state index contributed by atoms with van der Waals surface area (Å²) in [6, 6.07) is 2.94. The van der Waals surface area contributed by atoms with Gasteiger partial charge < -0.3 is 19.9 Å². The Kier molecular flexibility index (Phi) is 9.65. The first kappa shape index (κ1) is 24.6. The van der Waals surface area contributed by atoms with Gasteiger partial charge >= 0.3 is 6.03 Å². The van der Waals surface area contributed by atoms with Gasteiger partial charge in [-0.3, -0.25) is 5.32 Å². The average molecular weight is 449 g/mol. The smallest absolute Gasteiger partial charge is 0.320 e. The summed E-state index contributed by atoms with van der Waals surface area (Å²) >= 11 is 0. The molecule has 2 amide bonds. The van der Waals surface area contributed by atoms with E-state index in [1.54, 1.807) is 6.20 Å². The summed E-state index contributed by atoms with van der Waals surface area (Å²) in [5.41, 5.74) is 1.49. The molecule has 0 aromatic carbocycles. The molecular weight excluding hydrogens is 419 g/mol. The minimum absolute atomic E-state index is 0. The van der Waals surface area contributed by atoms with Crippen LogP contribution in [-0.2, 0) is 11.5 Å². The quantitative estimate of drug-likeness (QED) is 0.446. The predicted octanol–water partition coefficient (Wildman–Crippen LogP) is 3.07. The van der Waals surface area contributed by atoms with Crippen LogP contribution in [0.3, 0.4) is 0 Å². The van der Waals surface area contributed by atoms with Crippen molar-refractivity contribution < 1.29 is 9.53 Å². The lowest BCUT2D eigenvalue weighted by Gasteiger charge is -2.15. The van der Waals surface area contributed by atoms with E-state index in [1.807, 2.05) is 16.8 Å². The number of urea groups is 1. The van der Waals surface area contributed by atoms with Crippen LogP contribution < -0.4 is 16.0 Å². The molecule has 3 rings (SSSR count). The standard InChI is InChI=1S/C17H28N6O2Si.2ClH/c1-26(2,3)9-8-25-12-23-7-5-14-16(23)19-11-15(21-14)22-17(24)20-13-4-6-18-10-13;;/h5,7,11,13,18H,4,6,8-10,12H2,1-3H3,(H2,20,21,22,24);2*1H/t13-;;/m1../s1. The molecule has 1 aliphatic heterocycles. The number of halogens is 2. The molecule has 8 nitrogen and oxygen atoms in total. The molecule has 0 spiro atoms. The molecule has 158 valence electrons. The minimum atomic E-state index is -1.08. The molecule has 3 heterocycles. The molecule has 0 unspecified atom stereocenters. The summed E-state index contributed by atoms with van der Waals surface area (Å²) in [7, 11) is -1.08. The topological polar surface area (TPSA) is 93.1 Å². The van der Waals surface area contributed by atoms with Crippen molar-refractivity contribution in [2.75, 3.05) is 25.0 Å². The molecule has 1 aliphatic rings. The van der Waals surface area contributed by atoms with Gasteiger partial charge in [0.2, 0.25) is 0 Å². The zero-order chi connectivity index (χ0) is 18.6. The predicted molar refractivity (Wildman–Crippen MR) is 120 cm³/mol. The maximum atomic E-state index is 12.0. The summed E-state index contributed by atoms with van der Waals surface area (Å²) in [4.78, 5) is 20.9. The fourth-order valence-electron chi connectivity index (χ4n) is 2.78. The number of ether oxygens (including phenoxy) is 1. The molecule has 1 fully saturated rings. The SMILES string of the molecule is C[Si](C)(C)CCOCn1ccc2nc(NC(=O)N[C@@H]3CCNC3)cnc21.Cl.Cl. The number of hydrogen-bond donors (Lipinski definition) is 3. The van der Waals surface area contributed by atoms with E-state index in [1.165, 1.54) is 0 Å². The fourth-order valence-corrected chi connectivity index (χ4v) is 3.54. The van der Waals surface area contributed by atoms with Crippen molar-refractivity contribution >= 4 is 55.9 Å². The minimum Gasteiger partial charge on any atom is -0.361 e. The van der Waals surface area contributed by atoms with Crippen molar-refractivity contribution in [3.8, 4) is 0 Å². The number of fused-ring (bicyclic) bond motifs is 1. The lowest BCUT2D eigenvalue weighted by molar-refractivity contribution is 0.0899. The maximum Gasteiger partial charge on any atom is 0.320 e. The van der Waals surface area contributed by atoms with Gasteiger partial charge in [0.05, 0.1) is 6.20 Å². The highest BCUT2D eigenvalue weighted by atomic mass is 35.5. The third-order valence-corrected chi connectivity index (χ3v) is 6.03. The molecular formula is C17H30Cl2N6O2Si. The van der Waals surface area contributed by atoms with Crippen LogP contribution in [0.5, 0.6) is 0 Å². The highest BCUT2D eigenvalue weighted by molar-refractivity contribution is 6.76. The van der Waals surface area contributed by atoms with E-state index in [9.17, 15) is 4.79 Å². The van der Waals surface area contributed by atoms with Crippen molar-refractivity contribution in [1.29, 1.82) is 0 Å². The Hall–Kier alpha value is -1.39. The molecule has 0 radical (unpaired) electrons. The van der Waals surface area contributed by atoms with E-state index in [4.69, 9.17) is 4.74 Å². The first-order valence-corrected chi connectivity index (χ1v) is 12.8. The maximum absolute atomic E-state index is 12.0. The van der Waals surface area contributed by atoms with Crippen molar-refractivity contribution in [3.05, 3.63) is 18.5 Å². The van der Waals surface area contributed by atoms with Gasteiger partial charge in [-0.15, -0.1) is 24.8 Å². The van der Waals surface area contributed by atoms with E-state index in [-0.39, 0.29) is 36.9 Å². The van der Waals surface area contributed by atoms with Crippen molar-refractivity contribution in [2.24, 2.45) is 0 Å². The van der Waals surface area contributed by atoms with Crippen LogP contribution in [0.25, 0.3) is 11.2 Å². The molecule has 28 heavy (non-hydrogen) atoms. The second-order valence-corrected chi connectivity index (χ2v) is 13.5. The first-order valence-electron chi connectivity index (χ1n) is 9.09. The summed E-state index contributed by atoms with van der Waals surface area (Å²) in [5, 5.41) is 8.89. The number of amides is 2. The third-order valence-electron chi connectivity index (χ3n) is 4.33. The van der Waals surface area contributed by atoms with Gasteiger partial charge in [0.1, 0.15) is 12.2 Å². The largest absolute Gasteiger partial charge is 0.361 e. The van der Waals surface area contributed by atoms with Crippen molar-refractivity contribution in [2.45, 2.75) is 44.9 Å². The van der Waals surface area contributed by atoms with Crippen LogP contribution in [0.15, 0.2) is 18.5 Å². The van der Waals surface area contributed by atoms with Crippen LogP contribution in [0, 0.1) is 0 Å². The monoisotopic (exact) mass is 448 g/mol. The Balaban J connectivity index is 0.00000196. The molecule has 2 aromatic rings. The number of nitrogens with zero attached hydrogens (tertiary/aromatic N) is 3. The van der Waals surface area contributed by atoms with Gasteiger partial charge in [0.25, 0.3) is 0 Å². The van der Waals surface area contributed by atoms with Crippen molar-refractivity contribution in [1.82, 2.24) is 25.2 Å². The molecule has 1 atom stereocenters. The van der Waals surface area contributed by atoms with Gasteiger partial charge in [-0.05, 0) is 25.1 Å². The van der Waals surface area contributed by atoms with Gasteiger partial charge in [0.15, 0.2) is 11.5 Å². The van der Waals surface area contributed by atoms with Gasteiger partial charge in [-0.1, -0.05) is 19.6 Å². The Morgan fingerprint density at radius 3 is 2.86 bits per heavy atom. The first-order chi connectivity index (χ1) is 12.4. The van der Waals surface area contributed by atoms with Crippen LogP contribution >= 0.6 is 24.8 Å². The highest BCUT2D eigenvalue weighted by Crippen LogP contribution is 2.14. The summed E-state index contributed by atoms with van der Waals surface area (Å²) in [5.74, 6) is 0.443. The van der Waals surface area contributed by atoms with E-state index < -0.39 is 8.07 Å². The van der Waals surface area contributed by atoms with Gasteiger partial charge in [-0.25, -0.2) is 14.8 Å². The number of anilines is 1. The average Bonchev–Trinajstić information content (AvgIpc) is 3.20. The number of carbonyl (C=O) groups excluding carboxylic acids is 1. The van der Waals surface area contributed by atoms with E-state index in [0.717, 1.165) is 43.3 Å². The summed E-state index contributed by atoms with van der Waals surface area (Å²) in [6.07, 6.45) is 4.43. The number of rotatable bonds is 7. The third kappa shape index (κ3) is 7.21. The van der Waals surface area contributed by atoms with Crippen LogP contribution in [0.1, 0.15) is 6.42 Å². The number of aromatic nitrogens is 3. The molecule has 11 heteroatoms.